The number of aliphatic hydroxyl groups is 1. The molecule has 3 atom stereocenters. The predicted molar refractivity (Wildman–Crippen MR) is 74.6 cm³/mol. The molecule has 1 fully saturated rings. The minimum atomic E-state index is -0.472. The lowest BCUT2D eigenvalue weighted by Crippen LogP contribution is -3.00. The Bertz CT molecular complexity index is 410. The molecule has 1 aromatic rings. The van der Waals surface area contributed by atoms with Crippen LogP contribution in [0.15, 0.2) is 30.3 Å². The Labute approximate surface area is 127 Å². The average molecular weight is 298 g/mol. The quantitative estimate of drug-likeness (QED) is 0.690. The normalized spacial score (nSPS) is 21.9. The van der Waals surface area contributed by atoms with Crippen molar-refractivity contribution in [1.82, 2.24) is 0 Å². The molecule has 3 N–H and O–H groups in total. The fourth-order valence-electron chi connectivity index (χ4n) is 2.77. The molecule has 0 spiro atoms. The van der Waals surface area contributed by atoms with E-state index < -0.39 is 6.10 Å². The van der Waals surface area contributed by atoms with Gasteiger partial charge in [0.05, 0.1) is 12.5 Å². The van der Waals surface area contributed by atoms with Crippen molar-refractivity contribution in [1.29, 1.82) is 0 Å². The molecule has 1 aliphatic carbocycles. The average Bonchev–Trinajstić information content (AvgIpc) is 2.46. The number of Topliss-reactive ketones (excluding diaryl/α,β-unsaturated/α-hetero) is 1. The number of hydrogen-bond acceptors (Lipinski definition) is 2. The van der Waals surface area contributed by atoms with Crippen molar-refractivity contribution in [2.45, 2.75) is 44.8 Å². The fourth-order valence-corrected chi connectivity index (χ4v) is 2.77. The van der Waals surface area contributed by atoms with Crippen molar-refractivity contribution in [3.63, 3.8) is 0 Å². The van der Waals surface area contributed by atoms with Crippen molar-refractivity contribution >= 4 is 5.78 Å². The van der Waals surface area contributed by atoms with Crippen LogP contribution in [0, 0.1) is 5.92 Å². The number of nitrogens with two attached hydrogens (primary N) is 1. The Morgan fingerprint density at radius 1 is 1.30 bits per heavy atom. The van der Waals surface area contributed by atoms with Crippen LogP contribution in [0.5, 0.6) is 0 Å². The molecule has 0 aromatic heterocycles. The number of aliphatic hydroxyl groups excluding tert-OH is 1. The summed E-state index contributed by atoms with van der Waals surface area (Å²) in [6, 6.07) is 9.80. The van der Waals surface area contributed by atoms with Crippen LogP contribution in [0.25, 0.3) is 0 Å². The van der Waals surface area contributed by atoms with Gasteiger partial charge in [-0.3, -0.25) is 4.79 Å². The number of hydrogen-bond donors (Lipinski definition) is 2. The highest BCUT2D eigenvalue weighted by Crippen LogP contribution is 2.19. The molecule has 3 nitrogen and oxygen atoms in total. The van der Waals surface area contributed by atoms with Gasteiger partial charge in [0.15, 0.2) is 0 Å². The molecular formula is C16H24ClNO2. The topological polar surface area (TPSA) is 53.9 Å². The summed E-state index contributed by atoms with van der Waals surface area (Å²) in [4.78, 5) is 11.8. The van der Waals surface area contributed by atoms with Crippen molar-refractivity contribution < 1.29 is 27.6 Å². The molecule has 0 bridgehead atoms. The minimum Gasteiger partial charge on any atom is -1.00 e. The smallest absolute Gasteiger partial charge is 0.141 e. The summed E-state index contributed by atoms with van der Waals surface area (Å²) in [5, 5.41) is 12.4. The summed E-state index contributed by atoms with van der Waals surface area (Å²) < 4.78 is 0. The lowest BCUT2D eigenvalue weighted by atomic mass is 9.87. The number of carbonyl (C=O) groups is 1. The molecule has 1 aromatic carbocycles. The SMILES string of the molecule is CC([NH2+]CC1CCCCC1=O)C(O)c1ccccc1.[Cl-]. The Balaban J connectivity index is 0.00000200. The van der Waals surface area contributed by atoms with E-state index in [4.69, 9.17) is 0 Å². The highest BCUT2D eigenvalue weighted by Gasteiger charge is 2.26. The van der Waals surface area contributed by atoms with Gasteiger partial charge >= 0.3 is 0 Å². The first-order valence-electron chi connectivity index (χ1n) is 7.27. The molecule has 4 heteroatoms. The molecule has 0 aliphatic heterocycles. The van der Waals surface area contributed by atoms with Crippen molar-refractivity contribution in [2.24, 2.45) is 5.92 Å². The zero-order chi connectivity index (χ0) is 13.7. The number of halogens is 1. The summed E-state index contributed by atoms with van der Waals surface area (Å²) in [5.74, 6) is 0.600. The lowest BCUT2D eigenvalue weighted by Gasteiger charge is -2.23. The molecule has 1 aliphatic rings. The second kappa shape index (κ2) is 8.40. The van der Waals surface area contributed by atoms with E-state index in [9.17, 15) is 9.90 Å². The maximum atomic E-state index is 11.8. The van der Waals surface area contributed by atoms with Crippen LogP contribution in [-0.4, -0.2) is 23.5 Å². The Kier molecular flexibility index (Phi) is 7.20. The van der Waals surface area contributed by atoms with E-state index in [0.717, 1.165) is 31.4 Å². The van der Waals surface area contributed by atoms with Gasteiger partial charge < -0.3 is 22.8 Å². The molecule has 3 unspecified atom stereocenters. The van der Waals surface area contributed by atoms with Crippen LogP contribution < -0.4 is 17.7 Å². The third kappa shape index (κ3) is 4.58. The third-order valence-electron chi connectivity index (χ3n) is 4.11. The van der Waals surface area contributed by atoms with E-state index in [1.807, 2.05) is 37.3 Å². The second-order valence-corrected chi connectivity index (χ2v) is 5.60. The Hall–Kier alpha value is -0.900. The van der Waals surface area contributed by atoms with E-state index in [2.05, 4.69) is 5.32 Å². The van der Waals surface area contributed by atoms with Crippen molar-refractivity contribution in [2.75, 3.05) is 6.54 Å². The monoisotopic (exact) mass is 297 g/mol. The number of benzene rings is 1. The molecule has 1 saturated carbocycles. The van der Waals surface area contributed by atoms with Gasteiger partial charge in [-0.25, -0.2) is 0 Å². The third-order valence-corrected chi connectivity index (χ3v) is 4.11. The zero-order valence-corrected chi connectivity index (χ0v) is 12.7. The molecule has 2 rings (SSSR count). The van der Waals surface area contributed by atoms with Gasteiger partial charge in [0.25, 0.3) is 0 Å². The summed E-state index contributed by atoms with van der Waals surface area (Å²) in [7, 11) is 0. The number of quaternary nitrogens is 1. The van der Waals surface area contributed by atoms with Crippen LogP contribution in [-0.2, 0) is 4.79 Å². The van der Waals surface area contributed by atoms with Gasteiger partial charge in [-0.05, 0) is 25.3 Å². The van der Waals surface area contributed by atoms with E-state index in [0.29, 0.717) is 5.78 Å². The summed E-state index contributed by atoms with van der Waals surface area (Å²) in [5.41, 5.74) is 0.946. The number of carbonyl (C=O) groups excluding carboxylic acids is 1. The largest absolute Gasteiger partial charge is 1.00 e. The zero-order valence-electron chi connectivity index (χ0n) is 12.0. The van der Waals surface area contributed by atoms with Crippen molar-refractivity contribution in [3.8, 4) is 0 Å². The van der Waals surface area contributed by atoms with Gasteiger partial charge in [0.2, 0.25) is 0 Å². The first-order valence-corrected chi connectivity index (χ1v) is 7.27. The fraction of sp³-hybridized carbons (Fsp3) is 0.562. The second-order valence-electron chi connectivity index (χ2n) is 5.60. The summed E-state index contributed by atoms with van der Waals surface area (Å²) in [6.07, 6.45) is 3.51. The predicted octanol–water partition coefficient (Wildman–Crippen LogP) is -1.56. The van der Waals surface area contributed by atoms with Gasteiger partial charge in [0.1, 0.15) is 17.9 Å². The molecule has 20 heavy (non-hydrogen) atoms. The molecule has 0 saturated heterocycles. The summed E-state index contributed by atoms with van der Waals surface area (Å²) >= 11 is 0. The standard InChI is InChI=1S/C16H23NO2.ClH/c1-12(16(19)13-7-3-2-4-8-13)17-11-14-9-5-6-10-15(14)18;/h2-4,7-8,12,14,16-17,19H,5-6,9-11H2,1H3;1H. The molecule has 112 valence electrons. The van der Waals surface area contributed by atoms with Gasteiger partial charge in [-0.15, -0.1) is 0 Å². The highest BCUT2D eigenvalue weighted by atomic mass is 35.5. The van der Waals surface area contributed by atoms with Crippen LogP contribution in [0.3, 0.4) is 0 Å². The van der Waals surface area contributed by atoms with Crippen LogP contribution in [0.1, 0.15) is 44.3 Å². The molecule has 0 radical (unpaired) electrons. The maximum Gasteiger partial charge on any atom is 0.141 e. The van der Waals surface area contributed by atoms with E-state index in [1.165, 1.54) is 6.42 Å². The van der Waals surface area contributed by atoms with Crippen molar-refractivity contribution in [3.05, 3.63) is 35.9 Å². The van der Waals surface area contributed by atoms with E-state index >= 15 is 0 Å². The minimum absolute atomic E-state index is 0. The Morgan fingerprint density at radius 2 is 2.00 bits per heavy atom. The van der Waals surface area contributed by atoms with Crippen LogP contribution in [0.4, 0.5) is 0 Å². The number of rotatable bonds is 5. The first-order chi connectivity index (χ1) is 9.18. The molecule has 0 heterocycles. The summed E-state index contributed by atoms with van der Waals surface area (Å²) in [6.45, 7) is 2.83. The molecule has 0 amide bonds. The van der Waals surface area contributed by atoms with E-state index in [-0.39, 0.29) is 24.4 Å². The lowest BCUT2D eigenvalue weighted by molar-refractivity contribution is -0.697. The Morgan fingerprint density at radius 3 is 2.65 bits per heavy atom. The highest BCUT2D eigenvalue weighted by molar-refractivity contribution is 5.81. The molecular weight excluding hydrogens is 274 g/mol. The van der Waals surface area contributed by atoms with Crippen LogP contribution in [0.2, 0.25) is 0 Å². The van der Waals surface area contributed by atoms with E-state index in [1.54, 1.807) is 0 Å². The van der Waals surface area contributed by atoms with Gasteiger partial charge in [0, 0.05) is 6.42 Å². The van der Waals surface area contributed by atoms with Gasteiger partial charge in [-0.1, -0.05) is 36.8 Å². The number of ketones is 1. The van der Waals surface area contributed by atoms with Crippen LogP contribution >= 0.6 is 0 Å². The maximum absolute atomic E-state index is 11.8. The van der Waals surface area contributed by atoms with Gasteiger partial charge in [-0.2, -0.15) is 0 Å². The first kappa shape index (κ1) is 17.2.